The standard InChI is InChI=1S/C16H28N4O3/c1-6-16(7-2,11-17)13(21)19-12-9-18-20(10-12)15(4,5)14(22)23-8-3/h9-10H,6-8,11,17H2,1-5H3,(H,19,21). The van der Waals surface area contributed by atoms with E-state index >= 15 is 0 Å². The number of carbonyl (C=O) groups is 2. The molecule has 1 aromatic heterocycles. The smallest absolute Gasteiger partial charge is 0.333 e. The molecule has 1 heterocycles. The molecule has 0 fully saturated rings. The lowest BCUT2D eigenvalue weighted by Crippen LogP contribution is -2.41. The molecule has 0 aliphatic carbocycles. The van der Waals surface area contributed by atoms with Crippen molar-refractivity contribution in [2.45, 2.75) is 53.0 Å². The molecule has 0 saturated carbocycles. The molecule has 7 nitrogen and oxygen atoms in total. The molecule has 1 amide bonds. The zero-order valence-corrected chi connectivity index (χ0v) is 14.7. The topological polar surface area (TPSA) is 99.2 Å². The van der Waals surface area contributed by atoms with E-state index in [-0.39, 0.29) is 18.4 Å². The van der Waals surface area contributed by atoms with Crippen LogP contribution in [0.15, 0.2) is 12.4 Å². The van der Waals surface area contributed by atoms with Gasteiger partial charge in [-0.05, 0) is 33.6 Å². The third-order valence-corrected chi connectivity index (χ3v) is 4.41. The number of ether oxygens (including phenoxy) is 1. The normalized spacial score (nSPS) is 12.1. The Hall–Kier alpha value is -1.89. The van der Waals surface area contributed by atoms with Crippen LogP contribution in [-0.4, -0.2) is 34.8 Å². The van der Waals surface area contributed by atoms with Gasteiger partial charge in [0.2, 0.25) is 5.91 Å². The summed E-state index contributed by atoms with van der Waals surface area (Å²) in [5, 5.41) is 7.02. The van der Waals surface area contributed by atoms with E-state index in [1.165, 1.54) is 10.9 Å². The van der Waals surface area contributed by atoms with Gasteiger partial charge in [-0.25, -0.2) is 4.79 Å². The molecule has 130 valence electrons. The Kier molecular flexibility index (Phi) is 6.32. The fraction of sp³-hybridized carbons (Fsp3) is 0.688. The van der Waals surface area contributed by atoms with Gasteiger partial charge in [-0.3, -0.25) is 9.48 Å². The Morgan fingerprint density at radius 1 is 1.30 bits per heavy atom. The maximum Gasteiger partial charge on any atom is 0.333 e. The van der Waals surface area contributed by atoms with Crippen molar-refractivity contribution in [2.75, 3.05) is 18.5 Å². The SMILES string of the molecule is CCOC(=O)C(C)(C)n1cc(NC(=O)C(CC)(CC)CN)cn1. The summed E-state index contributed by atoms with van der Waals surface area (Å²) in [6.45, 7) is 9.67. The minimum absolute atomic E-state index is 0.126. The molecule has 0 bridgehead atoms. The van der Waals surface area contributed by atoms with Crippen molar-refractivity contribution in [2.24, 2.45) is 11.1 Å². The van der Waals surface area contributed by atoms with Crippen LogP contribution in [0.1, 0.15) is 47.5 Å². The van der Waals surface area contributed by atoms with Gasteiger partial charge in [0.25, 0.3) is 0 Å². The molecule has 23 heavy (non-hydrogen) atoms. The van der Waals surface area contributed by atoms with Crippen LogP contribution in [0.25, 0.3) is 0 Å². The third kappa shape index (κ3) is 3.90. The van der Waals surface area contributed by atoms with Crippen LogP contribution < -0.4 is 11.1 Å². The highest BCUT2D eigenvalue weighted by Gasteiger charge is 2.35. The van der Waals surface area contributed by atoms with E-state index in [0.717, 1.165) is 0 Å². The van der Waals surface area contributed by atoms with Crippen LogP contribution >= 0.6 is 0 Å². The average Bonchev–Trinajstić information content (AvgIpc) is 2.99. The summed E-state index contributed by atoms with van der Waals surface area (Å²) in [5.74, 6) is -0.502. The minimum atomic E-state index is -0.945. The summed E-state index contributed by atoms with van der Waals surface area (Å²) in [7, 11) is 0. The summed E-state index contributed by atoms with van der Waals surface area (Å²) in [6, 6.07) is 0. The first-order valence-corrected chi connectivity index (χ1v) is 8.01. The van der Waals surface area contributed by atoms with Crippen LogP contribution in [0.3, 0.4) is 0 Å². The van der Waals surface area contributed by atoms with E-state index < -0.39 is 11.0 Å². The molecule has 1 aromatic rings. The van der Waals surface area contributed by atoms with Gasteiger partial charge in [-0.15, -0.1) is 0 Å². The van der Waals surface area contributed by atoms with Crippen molar-refractivity contribution in [3.8, 4) is 0 Å². The number of carbonyl (C=O) groups excluding carboxylic acids is 2. The molecule has 0 unspecified atom stereocenters. The Morgan fingerprint density at radius 3 is 2.39 bits per heavy atom. The number of esters is 1. The van der Waals surface area contributed by atoms with Crippen LogP contribution in [0, 0.1) is 5.41 Å². The first-order chi connectivity index (χ1) is 10.8. The lowest BCUT2D eigenvalue weighted by Gasteiger charge is -2.28. The van der Waals surface area contributed by atoms with Crippen LogP contribution in [0.4, 0.5) is 5.69 Å². The molecule has 0 aromatic carbocycles. The maximum atomic E-state index is 12.5. The number of nitrogens with one attached hydrogen (secondary N) is 1. The van der Waals surface area contributed by atoms with E-state index in [0.29, 0.717) is 25.1 Å². The Bertz CT molecular complexity index is 539. The van der Waals surface area contributed by atoms with E-state index in [2.05, 4.69) is 10.4 Å². The van der Waals surface area contributed by atoms with Crippen molar-refractivity contribution in [3.05, 3.63) is 12.4 Å². The number of rotatable bonds is 8. The van der Waals surface area contributed by atoms with E-state index in [9.17, 15) is 9.59 Å². The summed E-state index contributed by atoms with van der Waals surface area (Å²) in [5.41, 5.74) is 4.79. The zero-order valence-electron chi connectivity index (χ0n) is 14.7. The molecule has 3 N–H and O–H groups in total. The lowest BCUT2D eigenvalue weighted by molar-refractivity contribution is -0.152. The fourth-order valence-electron chi connectivity index (χ4n) is 2.31. The summed E-state index contributed by atoms with van der Waals surface area (Å²) in [4.78, 5) is 24.5. The van der Waals surface area contributed by atoms with Gasteiger partial charge in [0.05, 0.1) is 23.9 Å². The van der Waals surface area contributed by atoms with Gasteiger partial charge in [0.1, 0.15) is 0 Å². The Labute approximate surface area is 137 Å². The summed E-state index contributed by atoms with van der Waals surface area (Å²) >= 11 is 0. The average molecular weight is 324 g/mol. The first-order valence-electron chi connectivity index (χ1n) is 8.01. The van der Waals surface area contributed by atoms with Crippen LogP contribution in [-0.2, 0) is 19.9 Å². The Morgan fingerprint density at radius 2 is 1.91 bits per heavy atom. The van der Waals surface area contributed by atoms with Gasteiger partial charge in [0.15, 0.2) is 5.54 Å². The molecule has 0 saturated heterocycles. The van der Waals surface area contributed by atoms with Gasteiger partial charge in [-0.1, -0.05) is 13.8 Å². The summed E-state index contributed by atoms with van der Waals surface area (Å²) in [6.07, 6.45) is 4.47. The van der Waals surface area contributed by atoms with Gasteiger partial charge >= 0.3 is 5.97 Å². The largest absolute Gasteiger partial charge is 0.464 e. The highest BCUT2D eigenvalue weighted by Crippen LogP contribution is 2.27. The predicted molar refractivity (Wildman–Crippen MR) is 88.9 cm³/mol. The second kappa shape index (κ2) is 7.59. The van der Waals surface area contributed by atoms with Gasteiger partial charge in [-0.2, -0.15) is 5.10 Å². The number of aromatic nitrogens is 2. The second-order valence-corrected chi connectivity index (χ2v) is 6.10. The van der Waals surface area contributed by atoms with Gasteiger partial charge in [0, 0.05) is 12.7 Å². The van der Waals surface area contributed by atoms with Crippen molar-refractivity contribution in [1.82, 2.24) is 9.78 Å². The first kappa shape index (κ1) is 19.2. The van der Waals surface area contributed by atoms with E-state index in [4.69, 9.17) is 10.5 Å². The van der Waals surface area contributed by atoms with E-state index in [1.807, 2.05) is 13.8 Å². The van der Waals surface area contributed by atoms with Crippen molar-refractivity contribution in [3.63, 3.8) is 0 Å². The number of hydrogen-bond donors (Lipinski definition) is 2. The fourth-order valence-corrected chi connectivity index (χ4v) is 2.31. The van der Waals surface area contributed by atoms with Gasteiger partial charge < -0.3 is 15.8 Å². The molecule has 7 heteroatoms. The highest BCUT2D eigenvalue weighted by molar-refractivity contribution is 5.95. The number of anilines is 1. The monoisotopic (exact) mass is 324 g/mol. The second-order valence-electron chi connectivity index (χ2n) is 6.10. The molecule has 0 aliphatic rings. The molecular formula is C16H28N4O3. The Balaban J connectivity index is 2.93. The quantitative estimate of drug-likeness (QED) is 0.711. The molecule has 0 aliphatic heterocycles. The van der Waals surface area contributed by atoms with Crippen molar-refractivity contribution in [1.29, 1.82) is 0 Å². The highest BCUT2D eigenvalue weighted by atomic mass is 16.5. The van der Waals surface area contributed by atoms with Crippen molar-refractivity contribution >= 4 is 17.6 Å². The summed E-state index contributed by atoms with van der Waals surface area (Å²) < 4.78 is 6.54. The van der Waals surface area contributed by atoms with Crippen molar-refractivity contribution < 1.29 is 14.3 Å². The number of hydrogen-bond acceptors (Lipinski definition) is 5. The van der Waals surface area contributed by atoms with Crippen LogP contribution in [0.5, 0.6) is 0 Å². The molecule has 0 spiro atoms. The minimum Gasteiger partial charge on any atom is -0.464 e. The zero-order chi connectivity index (χ0) is 17.7. The van der Waals surface area contributed by atoms with Crippen LogP contribution in [0.2, 0.25) is 0 Å². The maximum absolute atomic E-state index is 12.5. The number of amides is 1. The molecular weight excluding hydrogens is 296 g/mol. The third-order valence-electron chi connectivity index (χ3n) is 4.41. The molecule has 0 atom stereocenters. The number of nitrogens with zero attached hydrogens (tertiary/aromatic N) is 2. The molecule has 1 rings (SSSR count). The molecule has 0 radical (unpaired) electrons. The number of nitrogens with two attached hydrogens (primary N) is 1. The van der Waals surface area contributed by atoms with E-state index in [1.54, 1.807) is 27.0 Å². The predicted octanol–water partition coefficient (Wildman–Crippen LogP) is 1.88. The lowest BCUT2D eigenvalue weighted by atomic mass is 9.81.